The zero-order valence-electron chi connectivity index (χ0n) is 12.9. The van der Waals surface area contributed by atoms with Crippen LogP contribution in [0.1, 0.15) is 51.4 Å². The molecular weight excluding hydrogens is 379 g/mol. The van der Waals surface area contributed by atoms with Gasteiger partial charge in [0.2, 0.25) is 5.91 Å². The Kier molecular flexibility index (Phi) is 9.03. The molecular formula is C15H29IN4O. The van der Waals surface area contributed by atoms with Crippen LogP contribution >= 0.6 is 24.0 Å². The van der Waals surface area contributed by atoms with Crippen LogP contribution in [0.25, 0.3) is 0 Å². The molecule has 0 aliphatic carbocycles. The highest BCUT2D eigenvalue weighted by Gasteiger charge is 2.16. The van der Waals surface area contributed by atoms with Crippen molar-refractivity contribution in [3.8, 4) is 0 Å². The number of nitrogens with two attached hydrogens (primary N) is 1. The molecule has 2 rings (SSSR count). The Bertz CT molecular complexity index is 343. The zero-order chi connectivity index (χ0) is 14.2. The lowest BCUT2D eigenvalue weighted by Gasteiger charge is -2.27. The first-order valence-corrected chi connectivity index (χ1v) is 8.10. The van der Waals surface area contributed by atoms with Crippen LogP contribution in [0, 0.1) is 0 Å². The van der Waals surface area contributed by atoms with Crippen LogP contribution in [0.3, 0.4) is 0 Å². The molecule has 0 atom stereocenters. The largest absolute Gasteiger partial charge is 0.370 e. The number of amides is 1. The summed E-state index contributed by atoms with van der Waals surface area (Å²) in [6.45, 7) is 4.56. The predicted octanol–water partition coefficient (Wildman–Crippen LogP) is 2.20. The standard InChI is InChI=1S/C15H28N4O.HI/c16-15(19-11-5-2-6-12-19)17-9-7-13-18-10-4-1-3-8-14(18)20;/h1-13H2,(H2,16,17);1H. The molecule has 0 spiro atoms. The van der Waals surface area contributed by atoms with E-state index in [4.69, 9.17) is 5.73 Å². The first-order chi connectivity index (χ1) is 9.77. The monoisotopic (exact) mass is 408 g/mol. The number of guanidine groups is 1. The van der Waals surface area contributed by atoms with Gasteiger partial charge in [-0.25, -0.2) is 0 Å². The smallest absolute Gasteiger partial charge is 0.222 e. The number of hydrogen-bond acceptors (Lipinski definition) is 2. The quantitative estimate of drug-likeness (QED) is 0.336. The van der Waals surface area contributed by atoms with E-state index in [2.05, 4.69) is 9.89 Å². The maximum Gasteiger partial charge on any atom is 0.222 e. The first-order valence-electron chi connectivity index (χ1n) is 8.10. The van der Waals surface area contributed by atoms with E-state index in [-0.39, 0.29) is 24.0 Å². The minimum atomic E-state index is 0. The topological polar surface area (TPSA) is 61.9 Å². The van der Waals surface area contributed by atoms with Crippen LogP contribution < -0.4 is 5.73 Å². The van der Waals surface area contributed by atoms with Crippen LogP contribution in [-0.4, -0.2) is 54.4 Å². The van der Waals surface area contributed by atoms with Crippen molar-refractivity contribution in [1.82, 2.24) is 9.80 Å². The summed E-state index contributed by atoms with van der Waals surface area (Å²) in [7, 11) is 0. The van der Waals surface area contributed by atoms with Gasteiger partial charge in [-0.05, 0) is 38.5 Å². The fourth-order valence-electron chi connectivity index (χ4n) is 2.95. The average Bonchev–Trinajstić information content (AvgIpc) is 2.69. The molecule has 0 aromatic rings. The molecule has 0 aromatic carbocycles. The van der Waals surface area contributed by atoms with Crippen molar-refractivity contribution in [3.05, 3.63) is 0 Å². The molecule has 1 amide bonds. The van der Waals surface area contributed by atoms with Crippen LogP contribution in [-0.2, 0) is 4.79 Å². The maximum atomic E-state index is 11.8. The SMILES string of the molecule is I.NC(=NCCCN1CCCCCC1=O)N1CCCCC1. The van der Waals surface area contributed by atoms with Crippen molar-refractivity contribution in [3.63, 3.8) is 0 Å². The Hall–Kier alpha value is -0.530. The number of piperidine rings is 1. The molecule has 0 radical (unpaired) electrons. The second kappa shape index (κ2) is 10.2. The van der Waals surface area contributed by atoms with Gasteiger partial charge in [0.15, 0.2) is 5.96 Å². The number of nitrogens with zero attached hydrogens (tertiary/aromatic N) is 3. The molecule has 2 N–H and O–H groups in total. The number of carbonyl (C=O) groups is 1. The fraction of sp³-hybridized carbons (Fsp3) is 0.867. The number of hydrogen-bond donors (Lipinski definition) is 1. The number of carbonyl (C=O) groups excluding carboxylic acids is 1. The van der Waals surface area contributed by atoms with E-state index in [1.165, 1.54) is 25.7 Å². The van der Waals surface area contributed by atoms with E-state index in [0.29, 0.717) is 11.9 Å². The Labute approximate surface area is 145 Å². The van der Waals surface area contributed by atoms with E-state index in [1.807, 2.05) is 4.90 Å². The predicted molar refractivity (Wildman–Crippen MR) is 97.0 cm³/mol. The van der Waals surface area contributed by atoms with Crippen LogP contribution in [0.2, 0.25) is 0 Å². The Morgan fingerprint density at radius 3 is 2.48 bits per heavy atom. The molecule has 0 unspecified atom stereocenters. The molecule has 2 saturated heterocycles. The molecule has 122 valence electrons. The van der Waals surface area contributed by atoms with Gasteiger partial charge in [-0.2, -0.15) is 0 Å². The lowest BCUT2D eigenvalue weighted by Crippen LogP contribution is -2.41. The van der Waals surface area contributed by atoms with Crippen LogP contribution in [0.15, 0.2) is 4.99 Å². The summed E-state index contributed by atoms with van der Waals surface area (Å²) in [6.07, 6.45) is 8.76. The van der Waals surface area contributed by atoms with Gasteiger partial charge in [0, 0.05) is 39.1 Å². The molecule has 2 aliphatic rings. The summed E-state index contributed by atoms with van der Waals surface area (Å²) in [5, 5.41) is 0. The number of likely N-dealkylation sites (tertiary alicyclic amines) is 2. The summed E-state index contributed by atoms with van der Waals surface area (Å²) in [5.41, 5.74) is 6.02. The first kappa shape index (κ1) is 18.5. The second-order valence-corrected chi connectivity index (χ2v) is 5.83. The second-order valence-electron chi connectivity index (χ2n) is 5.83. The van der Waals surface area contributed by atoms with Crippen LogP contribution in [0.4, 0.5) is 0 Å². The fourth-order valence-corrected chi connectivity index (χ4v) is 2.95. The minimum absolute atomic E-state index is 0. The van der Waals surface area contributed by atoms with Crippen LogP contribution in [0.5, 0.6) is 0 Å². The third kappa shape index (κ3) is 6.40. The van der Waals surface area contributed by atoms with Gasteiger partial charge in [0.25, 0.3) is 0 Å². The highest BCUT2D eigenvalue weighted by Crippen LogP contribution is 2.11. The van der Waals surface area contributed by atoms with Gasteiger partial charge in [-0.3, -0.25) is 9.79 Å². The minimum Gasteiger partial charge on any atom is -0.370 e. The molecule has 6 heteroatoms. The van der Waals surface area contributed by atoms with E-state index in [1.54, 1.807) is 0 Å². The van der Waals surface area contributed by atoms with Gasteiger partial charge >= 0.3 is 0 Å². The third-order valence-corrected chi connectivity index (χ3v) is 4.21. The molecule has 21 heavy (non-hydrogen) atoms. The summed E-state index contributed by atoms with van der Waals surface area (Å²) < 4.78 is 0. The summed E-state index contributed by atoms with van der Waals surface area (Å²) >= 11 is 0. The van der Waals surface area contributed by atoms with Gasteiger partial charge in [-0.15, -0.1) is 24.0 Å². The average molecular weight is 408 g/mol. The van der Waals surface area contributed by atoms with Crippen molar-refractivity contribution in [2.75, 3.05) is 32.7 Å². The molecule has 0 aromatic heterocycles. The van der Waals surface area contributed by atoms with E-state index >= 15 is 0 Å². The Morgan fingerprint density at radius 2 is 1.71 bits per heavy atom. The summed E-state index contributed by atoms with van der Waals surface area (Å²) in [6, 6.07) is 0. The third-order valence-electron chi connectivity index (χ3n) is 4.21. The van der Waals surface area contributed by atoms with E-state index in [9.17, 15) is 4.79 Å². The van der Waals surface area contributed by atoms with E-state index in [0.717, 1.165) is 58.4 Å². The summed E-state index contributed by atoms with van der Waals surface area (Å²) in [4.78, 5) is 20.5. The van der Waals surface area contributed by atoms with Crippen molar-refractivity contribution < 1.29 is 4.79 Å². The van der Waals surface area contributed by atoms with Crippen molar-refractivity contribution in [1.29, 1.82) is 0 Å². The number of aliphatic imine (C=N–C) groups is 1. The summed E-state index contributed by atoms with van der Waals surface area (Å²) in [5.74, 6) is 1.00. The normalized spacial score (nSPS) is 21.0. The van der Waals surface area contributed by atoms with Crippen molar-refractivity contribution >= 4 is 35.8 Å². The highest BCUT2D eigenvalue weighted by atomic mass is 127. The van der Waals surface area contributed by atoms with E-state index < -0.39 is 0 Å². The Balaban J connectivity index is 0.00000220. The molecule has 0 bridgehead atoms. The lowest BCUT2D eigenvalue weighted by molar-refractivity contribution is -0.130. The van der Waals surface area contributed by atoms with Crippen molar-refractivity contribution in [2.24, 2.45) is 10.7 Å². The molecule has 5 nitrogen and oxygen atoms in total. The molecule has 0 saturated carbocycles. The molecule has 2 fully saturated rings. The van der Waals surface area contributed by atoms with Gasteiger partial charge in [-0.1, -0.05) is 6.42 Å². The lowest BCUT2D eigenvalue weighted by atomic mass is 10.1. The Morgan fingerprint density at radius 1 is 1.05 bits per heavy atom. The molecule has 2 aliphatic heterocycles. The van der Waals surface area contributed by atoms with Gasteiger partial charge < -0.3 is 15.5 Å². The zero-order valence-corrected chi connectivity index (χ0v) is 15.3. The number of halogens is 1. The van der Waals surface area contributed by atoms with Gasteiger partial charge in [0.1, 0.15) is 0 Å². The highest BCUT2D eigenvalue weighted by molar-refractivity contribution is 14.0. The number of rotatable bonds is 4. The van der Waals surface area contributed by atoms with Gasteiger partial charge in [0.05, 0.1) is 0 Å². The molecule has 2 heterocycles. The maximum absolute atomic E-state index is 11.8. The van der Waals surface area contributed by atoms with Crippen molar-refractivity contribution in [2.45, 2.75) is 51.4 Å².